The van der Waals surface area contributed by atoms with E-state index in [1.54, 1.807) is 0 Å². The summed E-state index contributed by atoms with van der Waals surface area (Å²) in [6.45, 7) is -1.42. The van der Waals surface area contributed by atoms with Crippen molar-refractivity contribution in [3.63, 3.8) is 0 Å². The van der Waals surface area contributed by atoms with Crippen LogP contribution in [0.1, 0.15) is 32.6 Å². The summed E-state index contributed by atoms with van der Waals surface area (Å²) in [6.07, 6.45) is -1.91. The second-order valence-electron chi connectivity index (χ2n) is 5.45. The van der Waals surface area contributed by atoms with Crippen LogP contribution in [0.25, 0.3) is 0 Å². The highest BCUT2D eigenvalue weighted by molar-refractivity contribution is 5.90. The minimum Gasteiger partial charge on any atom is -0.445 e. The number of esters is 4. The Bertz CT molecular complexity index is 530. The van der Waals surface area contributed by atoms with E-state index in [2.05, 4.69) is 9.47 Å². The van der Waals surface area contributed by atoms with Crippen LogP contribution in [0.5, 0.6) is 0 Å². The third kappa shape index (κ3) is 5.38. The van der Waals surface area contributed by atoms with Gasteiger partial charge in [-0.3, -0.25) is 4.79 Å². The number of ether oxygens (including phenoxy) is 4. The first kappa shape index (κ1) is 21.8. The molecule has 3 unspecified atom stereocenters. The van der Waals surface area contributed by atoms with Gasteiger partial charge in [0.05, 0.1) is 13.2 Å². The summed E-state index contributed by atoms with van der Waals surface area (Å²) in [5, 5.41) is 27.8. The first-order valence-corrected chi connectivity index (χ1v) is 8.02. The van der Waals surface area contributed by atoms with E-state index in [0.717, 1.165) is 6.42 Å². The second-order valence-corrected chi connectivity index (χ2v) is 5.45. The molecule has 0 amide bonds. The maximum Gasteiger partial charge on any atom is 0.396 e. The van der Waals surface area contributed by atoms with Gasteiger partial charge in [0, 0.05) is 6.42 Å². The van der Waals surface area contributed by atoms with Gasteiger partial charge in [0.25, 0.3) is 0 Å². The Kier molecular flexibility index (Phi) is 8.42. The van der Waals surface area contributed by atoms with Crippen molar-refractivity contribution in [2.24, 2.45) is 0 Å². The number of aliphatic hydroxyl groups is 3. The van der Waals surface area contributed by atoms with E-state index in [1.807, 2.05) is 6.92 Å². The fraction of sp³-hybridized carbons (Fsp3) is 0.733. The molecule has 0 spiro atoms. The van der Waals surface area contributed by atoms with Crippen molar-refractivity contribution in [2.75, 3.05) is 19.8 Å². The molecule has 1 rings (SSSR count). The van der Waals surface area contributed by atoms with Gasteiger partial charge in [0.15, 0.2) is 0 Å². The Balaban J connectivity index is 3.11. The van der Waals surface area contributed by atoms with Crippen molar-refractivity contribution in [3.8, 4) is 0 Å². The first-order valence-electron chi connectivity index (χ1n) is 8.02. The molecule has 148 valence electrons. The Morgan fingerprint density at radius 2 is 1.65 bits per heavy atom. The largest absolute Gasteiger partial charge is 0.445 e. The van der Waals surface area contributed by atoms with Crippen molar-refractivity contribution in [1.29, 1.82) is 0 Å². The predicted octanol–water partition coefficient (Wildman–Crippen LogP) is -1.84. The maximum atomic E-state index is 12.3. The molecule has 3 N–H and O–H groups in total. The van der Waals surface area contributed by atoms with Crippen LogP contribution in [0, 0.1) is 0 Å². The summed E-state index contributed by atoms with van der Waals surface area (Å²) in [6, 6.07) is 0. The number of cyclic esters (lactones) is 3. The highest BCUT2D eigenvalue weighted by Crippen LogP contribution is 2.22. The van der Waals surface area contributed by atoms with Gasteiger partial charge in [0.1, 0.15) is 6.61 Å². The molecule has 11 heteroatoms. The fourth-order valence-electron chi connectivity index (χ4n) is 1.97. The molecule has 0 aromatic heterocycles. The molecule has 11 nitrogen and oxygen atoms in total. The lowest BCUT2D eigenvalue weighted by Crippen LogP contribution is -2.53. The number of carbonyl (C=O) groups excluding carboxylic acids is 4. The van der Waals surface area contributed by atoms with Crippen LogP contribution in [0.15, 0.2) is 0 Å². The minimum atomic E-state index is -2.88. The lowest BCUT2D eigenvalue weighted by Gasteiger charge is -2.28. The molecule has 1 heterocycles. The quantitative estimate of drug-likeness (QED) is 0.247. The molecule has 1 saturated heterocycles. The van der Waals surface area contributed by atoms with Crippen LogP contribution < -0.4 is 0 Å². The summed E-state index contributed by atoms with van der Waals surface area (Å²) in [5.74, 6) is -8.17. The van der Waals surface area contributed by atoms with E-state index in [4.69, 9.17) is 19.7 Å². The zero-order valence-electron chi connectivity index (χ0n) is 14.2. The topological polar surface area (TPSA) is 166 Å². The number of carbonyl (C=O) groups is 4. The van der Waals surface area contributed by atoms with E-state index in [0.29, 0.717) is 12.8 Å². The smallest absolute Gasteiger partial charge is 0.396 e. The standard InChI is InChI=1S/C15H22O11/c1-2-3-4-5-11(19)25-15(8-18)14(22)24-9(6-16)12(20)23-10(7-17)13(21)26-15/h9-10,16-18H,2-8H2,1H3. The van der Waals surface area contributed by atoms with Gasteiger partial charge >= 0.3 is 29.7 Å². The minimum absolute atomic E-state index is 0.122. The van der Waals surface area contributed by atoms with Crippen LogP contribution in [-0.4, -0.2) is 77.0 Å². The summed E-state index contributed by atoms with van der Waals surface area (Å²) < 4.78 is 18.8. The Morgan fingerprint density at radius 3 is 2.19 bits per heavy atom. The highest BCUT2D eigenvalue weighted by atomic mass is 16.8. The second kappa shape index (κ2) is 10.0. The van der Waals surface area contributed by atoms with Crippen LogP contribution in [0.2, 0.25) is 0 Å². The summed E-state index contributed by atoms with van der Waals surface area (Å²) >= 11 is 0. The molecule has 0 radical (unpaired) electrons. The van der Waals surface area contributed by atoms with Crippen molar-refractivity contribution in [3.05, 3.63) is 0 Å². The zero-order chi connectivity index (χ0) is 19.7. The number of hydrogen-bond acceptors (Lipinski definition) is 11. The molecule has 1 fully saturated rings. The average molecular weight is 378 g/mol. The zero-order valence-corrected chi connectivity index (χ0v) is 14.2. The molecule has 1 aliphatic heterocycles. The van der Waals surface area contributed by atoms with E-state index in [9.17, 15) is 24.3 Å². The van der Waals surface area contributed by atoms with E-state index >= 15 is 0 Å². The van der Waals surface area contributed by atoms with Gasteiger partial charge in [-0.05, 0) is 6.42 Å². The average Bonchev–Trinajstić information content (AvgIpc) is 2.65. The molecule has 0 aromatic carbocycles. The highest BCUT2D eigenvalue weighted by Gasteiger charge is 2.52. The Morgan fingerprint density at radius 1 is 1.04 bits per heavy atom. The molecule has 3 atom stereocenters. The maximum absolute atomic E-state index is 12.3. The number of rotatable bonds is 8. The third-order valence-electron chi connectivity index (χ3n) is 3.41. The van der Waals surface area contributed by atoms with Crippen molar-refractivity contribution in [2.45, 2.75) is 50.6 Å². The molecule has 1 aliphatic rings. The van der Waals surface area contributed by atoms with Crippen LogP contribution in [0.4, 0.5) is 0 Å². The van der Waals surface area contributed by atoms with Crippen molar-refractivity contribution >= 4 is 23.9 Å². The molecule has 26 heavy (non-hydrogen) atoms. The van der Waals surface area contributed by atoms with Crippen LogP contribution in [0.3, 0.4) is 0 Å². The van der Waals surface area contributed by atoms with Crippen LogP contribution in [-0.2, 0) is 38.1 Å². The molecule has 0 aromatic rings. The lowest BCUT2D eigenvalue weighted by molar-refractivity contribution is -0.251. The van der Waals surface area contributed by atoms with Gasteiger partial charge < -0.3 is 34.3 Å². The van der Waals surface area contributed by atoms with E-state index < -0.39 is 61.7 Å². The van der Waals surface area contributed by atoms with E-state index in [1.165, 1.54) is 0 Å². The van der Waals surface area contributed by atoms with Gasteiger partial charge in [-0.25, -0.2) is 14.4 Å². The lowest BCUT2D eigenvalue weighted by atomic mass is 10.2. The first-order chi connectivity index (χ1) is 12.3. The Labute approximate surface area is 148 Å². The van der Waals surface area contributed by atoms with Crippen LogP contribution >= 0.6 is 0 Å². The SMILES string of the molecule is CCCCCC(=O)OC1(CO)OC(=O)C(CO)OC(=O)C(CO)OC1=O. The predicted molar refractivity (Wildman–Crippen MR) is 80.1 cm³/mol. The normalized spacial score (nSPS) is 26.7. The van der Waals surface area contributed by atoms with Gasteiger partial charge in [-0.1, -0.05) is 19.8 Å². The summed E-state index contributed by atoms with van der Waals surface area (Å²) in [7, 11) is 0. The number of aliphatic hydroxyl groups excluding tert-OH is 3. The Hall–Kier alpha value is -2.24. The number of hydrogen-bond donors (Lipinski definition) is 3. The molecule has 0 aliphatic carbocycles. The molecular formula is C15H22O11. The number of unbranched alkanes of at least 4 members (excludes halogenated alkanes) is 2. The third-order valence-corrected chi connectivity index (χ3v) is 3.41. The summed E-state index contributed by atoms with van der Waals surface area (Å²) in [5.41, 5.74) is 0. The fourth-order valence-corrected chi connectivity index (χ4v) is 1.97. The summed E-state index contributed by atoms with van der Waals surface area (Å²) in [4.78, 5) is 48.0. The van der Waals surface area contributed by atoms with Gasteiger partial charge in [-0.2, -0.15) is 0 Å². The molecule has 0 bridgehead atoms. The van der Waals surface area contributed by atoms with Crippen molar-refractivity contribution in [1.82, 2.24) is 0 Å². The van der Waals surface area contributed by atoms with E-state index in [-0.39, 0.29) is 6.42 Å². The van der Waals surface area contributed by atoms with Crippen molar-refractivity contribution < 1.29 is 53.4 Å². The molecular weight excluding hydrogens is 356 g/mol. The molecule has 0 saturated carbocycles. The van der Waals surface area contributed by atoms with Gasteiger partial charge in [0.2, 0.25) is 12.2 Å². The van der Waals surface area contributed by atoms with Gasteiger partial charge in [-0.15, -0.1) is 0 Å². The monoisotopic (exact) mass is 378 g/mol.